The van der Waals surface area contributed by atoms with Crippen LogP contribution in [0.5, 0.6) is 5.75 Å². The SMILES string of the molecule is CCC(CCO)CNC(=O)[C@H](N)Cc1ccc(O)cc1. The third kappa shape index (κ3) is 5.59. The van der Waals surface area contributed by atoms with Crippen LogP contribution in [-0.2, 0) is 11.2 Å². The Kier molecular flexibility index (Phi) is 7.04. The van der Waals surface area contributed by atoms with Crippen molar-refractivity contribution in [3.63, 3.8) is 0 Å². The van der Waals surface area contributed by atoms with Crippen molar-refractivity contribution in [1.29, 1.82) is 0 Å². The van der Waals surface area contributed by atoms with Gasteiger partial charge in [0, 0.05) is 13.2 Å². The molecule has 1 rings (SSSR count). The standard InChI is InChI=1S/C15H24N2O3/c1-2-11(7-8-18)10-17-15(20)14(16)9-12-3-5-13(19)6-4-12/h3-6,11,14,18-19H,2,7-10,16H2,1H3,(H,17,20)/t11?,14-/m1/s1. The number of nitrogens with one attached hydrogen (secondary N) is 1. The number of carbonyl (C=O) groups is 1. The fourth-order valence-electron chi connectivity index (χ4n) is 1.99. The topological polar surface area (TPSA) is 95.6 Å². The van der Waals surface area contributed by atoms with Crippen LogP contribution in [0.1, 0.15) is 25.3 Å². The molecular weight excluding hydrogens is 256 g/mol. The first-order valence-corrected chi connectivity index (χ1v) is 6.98. The van der Waals surface area contributed by atoms with Gasteiger partial charge in [0.25, 0.3) is 0 Å². The monoisotopic (exact) mass is 280 g/mol. The highest BCUT2D eigenvalue weighted by atomic mass is 16.3. The molecule has 5 nitrogen and oxygen atoms in total. The van der Waals surface area contributed by atoms with E-state index in [2.05, 4.69) is 5.32 Å². The average molecular weight is 280 g/mol. The van der Waals surface area contributed by atoms with Crippen molar-refractivity contribution in [2.75, 3.05) is 13.2 Å². The smallest absolute Gasteiger partial charge is 0.237 e. The Morgan fingerprint density at radius 1 is 1.35 bits per heavy atom. The van der Waals surface area contributed by atoms with Gasteiger partial charge >= 0.3 is 0 Å². The van der Waals surface area contributed by atoms with Crippen LogP contribution in [0, 0.1) is 5.92 Å². The van der Waals surface area contributed by atoms with Crippen LogP contribution in [-0.4, -0.2) is 35.3 Å². The number of aromatic hydroxyl groups is 1. The highest BCUT2D eigenvalue weighted by Gasteiger charge is 2.15. The zero-order valence-electron chi connectivity index (χ0n) is 11.9. The van der Waals surface area contributed by atoms with Crippen LogP contribution in [0.25, 0.3) is 0 Å². The molecule has 1 unspecified atom stereocenters. The molecule has 20 heavy (non-hydrogen) atoms. The van der Waals surface area contributed by atoms with Gasteiger partial charge in [-0.15, -0.1) is 0 Å². The molecular formula is C15H24N2O3. The van der Waals surface area contributed by atoms with E-state index in [1.807, 2.05) is 6.92 Å². The molecule has 0 aliphatic carbocycles. The molecule has 0 spiro atoms. The Balaban J connectivity index is 2.40. The summed E-state index contributed by atoms with van der Waals surface area (Å²) in [6, 6.07) is 6.06. The molecule has 5 N–H and O–H groups in total. The van der Waals surface area contributed by atoms with Crippen molar-refractivity contribution in [3.05, 3.63) is 29.8 Å². The molecule has 0 aliphatic heterocycles. The number of benzene rings is 1. The van der Waals surface area contributed by atoms with E-state index >= 15 is 0 Å². The van der Waals surface area contributed by atoms with Crippen LogP contribution < -0.4 is 11.1 Å². The van der Waals surface area contributed by atoms with Crippen LogP contribution in [0.15, 0.2) is 24.3 Å². The summed E-state index contributed by atoms with van der Waals surface area (Å²) in [7, 11) is 0. The number of rotatable bonds is 8. The van der Waals surface area contributed by atoms with Crippen molar-refractivity contribution >= 4 is 5.91 Å². The largest absolute Gasteiger partial charge is 0.508 e. The van der Waals surface area contributed by atoms with Crippen LogP contribution in [0.4, 0.5) is 0 Å². The molecule has 0 aliphatic rings. The van der Waals surface area contributed by atoms with Gasteiger partial charge in [0.2, 0.25) is 5.91 Å². The Bertz CT molecular complexity index is 406. The van der Waals surface area contributed by atoms with Crippen LogP contribution >= 0.6 is 0 Å². The fraction of sp³-hybridized carbons (Fsp3) is 0.533. The minimum atomic E-state index is -0.605. The van der Waals surface area contributed by atoms with E-state index in [0.29, 0.717) is 19.4 Å². The molecule has 5 heteroatoms. The molecule has 0 saturated carbocycles. The molecule has 1 aromatic rings. The molecule has 1 aromatic carbocycles. The minimum Gasteiger partial charge on any atom is -0.508 e. The number of hydrogen-bond donors (Lipinski definition) is 4. The van der Waals surface area contributed by atoms with E-state index in [0.717, 1.165) is 12.0 Å². The van der Waals surface area contributed by atoms with Crippen molar-refractivity contribution in [1.82, 2.24) is 5.32 Å². The zero-order valence-corrected chi connectivity index (χ0v) is 11.9. The van der Waals surface area contributed by atoms with E-state index in [1.165, 1.54) is 0 Å². The Morgan fingerprint density at radius 2 is 2.00 bits per heavy atom. The molecule has 0 fully saturated rings. The minimum absolute atomic E-state index is 0.133. The first-order valence-electron chi connectivity index (χ1n) is 6.98. The fourth-order valence-corrected chi connectivity index (χ4v) is 1.99. The number of phenols is 1. The average Bonchev–Trinajstić information content (AvgIpc) is 2.45. The molecule has 112 valence electrons. The number of hydrogen-bond acceptors (Lipinski definition) is 4. The van der Waals surface area contributed by atoms with E-state index in [4.69, 9.17) is 10.8 Å². The molecule has 0 heterocycles. The number of carbonyl (C=O) groups excluding carboxylic acids is 1. The predicted molar refractivity (Wildman–Crippen MR) is 78.3 cm³/mol. The first-order chi connectivity index (χ1) is 9.56. The molecule has 0 aromatic heterocycles. The summed E-state index contributed by atoms with van der Waals surface area (Å²) in [5.41, 5.74) is 6.78. The summed E-state index contributed by atoms with van der Waals surface area (Å²) in [5.74, 6) is 0.292. The van der Waals surface area contributed by atoms with Gasteiger partial charge in [0.05, 0.1) is 6.04 Å². The van der Waals surface area contributed by atoms with Gasteiger partial charge in [0.1, 0.15) is 5.75 Å². The van der Waals surface area contributed by atoms with E-state index in [1.54, 1.807) is 24.3 Å². The van der Waals surface area contributed by atoms with E-state index in [-0.39, 0.29) is 24.2 Å². The first kappa shape index (κ1) is 16.5. The van der Waals surface area contributed by atoms with Gasteiger partial charge in [-0.05, 0) is 36.5 Å². The Hall–Kier alpha value is -1.59. The molecule has 0 saturated heterocycles. The normalized spacial score (nSPS) is 13.8. The maximum atomic E-state index is 11.9. The van der Waals surface area contributed by atoms with Gasteiger partial charge in [0.15, 0.2) is 0 Å². The number of phenolic OH excluding ortho intramolecular Hbond substituents is 1. The molecule has 0 bridgehead atoms. The van der Waals surface area contributed by atoms with Crippen molar-refractivity contribution in [2.24, 2.45) is 11.7 Å². The number of nitrogens with two attached hydrogens (primary N) is 1. The Labute approximate surface area is 119 Å². The van der Waals surface area contributed by atoms with Gasteiger partial charge < -0.3 is 21.3 Å². The van der Waals surface area contributed by atoms with Gasteiger partial charge in [-0.25, -0.2) is 0 Å². The maximum Gasteiger partial charge on any atom is 0.237 e. The molecule has 2 atom stereocenters. The lowest BCUT2D eigenvalue weighted by molar-refractivity contribution is -0.122. The summed E-state index contributed by atoms with van der Waals surface area (Å²) in [5, 5.41) is 20.9. The third-order valence-electron chi connectivity index (χ3n) is 3.41. The summed E-state index contributed by atoms with van der Waals surface area (Å²) in [4.78, 5) is 11.9. The van der Waals surface area contributed by atoms with Crippen LogP contribution in [0.2, 0.25) is 0 Å². The lowest BCUT2D eigenvalue weighted by atomic mass is 10.0. The quantitative estimate of drug-likeness (QED) is 0.566. The number of aliphatic hydroxyl groups is 1. The van der Waals surface area contributed by atoms with Crippen molar-refractivity contribution in [2.45, 2.75) is 32.2 Å². The lowest BCUT2D eigenvalue weighted by Gasteiger charge is -2.17. The van der Waals surface area contributed by atoms with Crippen molar-refractivity contribution < 1.29 is 15.0 Å². The molecule has 1 amide bonds. The number of aliphatic hydroxyl groups excluding tert-OH is 1. The van der Waals surface area contributed by atoms with Gasteiger partial charge in [-0.1, -0.05) is 25.5 Å². The van der Waals surface area contributed by atoms with Crippen molar-refractivity contribution in [3.8, 4) is 5.75 Å². The number of amides is 1. The second-order valence-electron chi connectivity index (χ2n) is 5.01. The highest BCUT2D eigenvalue weighted by Crippen LogP contribution is 2.11. The summed E-state index contributed by atoms with van der Waals surface area (Å²) < 4.78 is 0. The second kappa shape index (κ2) is 8.55. The maximum absolute atomic E-state index is 11.9. The predicted octanol–water partition coefficient (Wildman–Crippen LogP) is 0.787. The van der Waals surface area contributed by atoms with Gasteiger partial charge in [-0.3, -0.25) is 4.79 Å². The molecule has 0 radical (unpaired) electrons. The lowest BCUT2D eigenvalue weighted by Crippen LogP contribution is -2.43. The van der Waals surface area contributed by atoms with E-state index in [9.17, 15) is 9.90 Å². The summed E-state index contributed by atoms with van der Waals surface area (Å²) in [6.07, 6.45) is 2.03. The zero-order chi connectivity index (χ0) is 15.0. The second-order valence-corrected chi connectivity index (χ2v) is 5.01. The Morgan fingerprint density at radius 3 is 2.55 bits per heavy atom. The van der Waals surface area contributed by atoms with E-state index < -0.39 is 6.04 Å². The van der Waals surface area contributed by atoms with Gasteiger partial charge in [-0.2, -0.15) is 0 Å². The van der Waals surface area contributed by atoms with Crippen LogP contribution in [0.3, 0.4) is 0 Å². The summed E-state index contributed by atoms with van der Waals surface area (Å²) in [6.45, 7) is 2.70. The third-order valence-corrected chi connectivity index (χ3v) is 3.41. The highest BCUT2D eigenvalue weighted by molar-refractivity contribution is 5.81. The summed E-state index contributed by atoms with van der Waals surface area (Å²) >= 11 is 0.